The number of carbonyl (C=O) groups is 2. The van der Waals surface area contributed by atoms with E-state index in [1.165, 1.54) is 28.0 Å². The highest BCUT2D eigenvalue weighted by atomic mass is 32.1. The molecule has 2 amide bonds. The Labute approximate surface area is 203 Å². The van der Waals surface area contributed by atoms with Crippen molar-refractivity contribution in [2.75, 3.05) is 13.1 Å². The Kier molecular flexibility index (Phi) is 8.93. The smallest absolute Gasteiger partial charge is 0.270 e. The van der Waals surface area contributed by atoms with Gasteiger partial charge in [-0.1, -0.05) is 49.7 Å². The molecule has 0 radical (unpaired) electrons. The van der Waals surface area contributed by atoms with Crippen LogP contribution in [0.3, 0.4) is 0 Å². The Morgan fingerprint density at radius 3 is 2.38 bits per heavy atom. The van der Waals surface area contributed by atoms with Crippen molar-refractivity contribution in [2.24, 2.45) is 0 Å². The Bertz CT molecular complexity index is 1130. The quantitative estimate of drug-likeness (QED) is 0.271. The lowest BCUT2D eigenvalue weighted by molar-refractivity contribution is -0.384. The monoisotopic (exact) mass is 479 g/mol. The number of hydrogen-bond donors (Lipinski definition) is 0. The predicted molar refractivity (Wildman–Crippen MR) is 134 cm³/mol. The van der Waals surface area contributed by atoms with Gasteiger partial charge < -0.3 is 9.80 Å². The first-order chi connectivity index (χ1) is 16.4. The number of nitro groups is 1. The molecule has 3 aromatic rings. The molecule has 0 unspecified atom stereocenters. The third-order valence-corrected chi connectivity index (χ3v) is 6.40. The van der Waals surface area contributed by atoms with E-state index in [2.05, 4.69) is 0 Å². The minimum atomic E-state index is -0.525. The fourth-order valence-corrected chi connectivity index (χ4v) is 4.50. The van der Waals surface area contributed by atoms with Crippen molar-refractivity contribution in [3.05, 3.63) is 97.7 Å². The number of unbranched alkanes of at least 4 members (excludes halogenated alkanes) is 1. The van der Waals surface area contributed by atoms with Gasteiger partial charge in [-0.15, -0.1) is 11.3 Å². The molecule has 0 fully saturated rings. The lowest BCUT2D eigenvalue weighted by Crippen LogP contribution is -2.42. The summed E-state index contributed by atoms with van der Waals surface area (Å²) >= 11 is 1.65. The van der Waals surface area contributed by atoms with E-state index in [4.69, 9.17) is 0 Å². The van der Waals surface area contributed by atoms with Crippen molar-refractivity contribution in [3.8, 4) is 0 Å². The molecule has 2 aromatic carbocycles. The number of amides is 2. The summed E-state index contributed by atoms with van der Waals surface area (Å²) in [5, 5.41) is 11.2. The molecule has 1 aromatic heterocycles. The van der Waals surface area contributed by atoms with E-state index in [0.717, 1.165) is 23.3 Å². The van der Waals surface area contributed by atoms with E-state index in [-0.39, 0.29) is 29.6 Å². The summed E-state index contributed by atoms with van der Waals surface area (Å²) in [6.07, 6.45) is 1.59. The van der Waals surface area contributed by atoms with Crippen LogP contribution in [-0.4, -0.2) is 39.6 Å². The summed E-state index contributed by atoms with van der Waals surface area (Å²) < 4.78 is 0. The van der Waals surface area contributed by atoms with Crippen LogP contribution in [0.2, 0.25) is 0 Å². The van der Waals surface area contributed by atoms with Gasteiger partial charge in [-0.05, 0) is 37.1 Å². The topological polar surface area (TPSA) is 83.8 Å². The lowest BCUT2D eigenvalue weighted by atomic mass is 10.1. The van der Waals surface area contributed by atoms with Crippen LogP contribution in [0.1, 0.15) is 45.4 Å². The standard InChI is InChI=1S/C26H29N3O4S/c1-3-4-15-27(26(31)22-11-8-12-23(16-22)29(32)33)19-25(30)28(17-21-9-6-5-7-10-21)18-24-14-13-20(2)34-24/h5-14,16H,3-4,15,17-19H2,1-2H3. The largest absolute Gasteiger partial charge is 0.332 e. The highest BCUT2D eigenvalue weighted by Gasteiger charge is 2.24. The van der Waals surface area contributed by atoms with Crippen molar-refractivity contribution in [3.63, 3.8) is 0 Å². The fraction of sp³-hybridized carbons (Fsp3) is 0.308. The molecule has 0 aliphatic heterocycles. The average Bonchev–Trinajstić information content (AvgIpc) is 3.26. The van der Waals surface area contributed by atoms with Crippen molar-refractivity contribution in [2.45, 2.75) is 39.8 Å². The zero-order chi connectivity index (χ0) is 24.5. The first kappa shape index (κ1) is 25.1. The van der Waals surface area contributed by atoms with E-state index >= 15 is 0 Å². The summed E-state index contributed by atoms with van der Waals surface area (Å²) in [5.41, 5.74) is 1.07. The number of non-ortho nitro benzene ring substituents is 1. The van der Waals surface area contributed by atoms with Crippen molar-refractivity contribution in [1.82, 2.24) is 9.80 Å². The summed E-state index contributed by atoms with van der Waals surface area (Å²) in [6, 6.07) is 19.5. The van der Waals surface area contributed by atoms with Crippen molar-refractivity contribution >= 4 is 28.8 Å². The number of thiophene rings is 1. The van der Waals surface area contributed by atoms with Gasteiger partial charge in [-0.25, -0.2) is 0 Å². The van der Waals surface area contributed by atoms with Gasteiger partial charge >= 0.3 is 0 Å². The van der Waals surface area contributed by atoms with Crippen molar-refractivity contribution < 1.29 is 14.5 Å². The van der Waals surface area contributed by atoms with Crippen LogP contribution in [0.4, 0.5) is 5.69 Å². The van der Waals surface area contributed by atoms with Gasteiger partial charge in [0.25, 0.3) is 11.6 Å². The second kappa shape index (κ2) is 12.1. The number of benzene rings is 2. The zero-order valence-electron chi connectivity index (χ0n) is 19.5. The van der Waals surface area contributed by atoms with E-state index in [9.17, 15) is 19.7 Å². The average molecular weight is 480 g/mol. The van der Waals surface area contributed by atoms with Gasteiger partial charge in [0.15, 0.2) is 0 Å². The molecular weight excluding hydrogens is 450 g/mol. The molecule has 3 rings (SSSR count). The molecule has 0 N–H and O–H groups in total. The van der Waals surface area contributed by atoms with Crippen molar-refractivity contribution in [1.29, 1.82) is 0 Å². The van der Waals surface area contributed by atoms with E-state index in [1.807, 2.05) is 56.3 Å². The first-order valence-corrected chi connectivity index (χ1v) is 12.1. The molecule has 0 saturated heterocycles. The number of nitrogens with zero attached hydrogens (tertiary/aromatic N) is 3. The molecule has 0 aliphatic rings. The number of nitro benzene ring substituents is 1. The Morgan fingerprint density at radius 1 is 0.971 bits per heavy atom. The molecule has 7 nitrogen and oxygen atoms in total. The molecule has 34 heavy (non-hydrogen) atoms. The maximum absolute atomic E-state index is 13.5. The van der Waals surface area contributed by atoms with Gasteiger partial charge in [0.1, 0.15) is 6.54 Å². The van der Waals surface area contributed by atoms with Gasteiger partial charge in [0.2, 0.25) is 5.91 Å². The molecular formula is C26H29N3O4S. The summed E-state index contributed by atoms with van der Waals surface area (Å²) in [6.45, 7) is 5.25. The zero-order valence-corrected chi connectivity index (χ0v) is 20.3. The van der Waals surface area contributed by atoms with Crippen LogP contribution in [0, 0.1) is 17.0 Å². The Balaban J connectivity index is 1.82. The second-order valence-corrected chi connectivity index (χ2v) is 9.51. The minimum absolute atomic E-state index is 0.0846. The predicted octanol–water partition coefficient (Wildman–Crippen LogP) is 5.44. The SMILES string of the molecule is CCCCN(CC(=O)N(Cc1ccccc1)Cc1ccc(C)s1)C(=O)c1cccc([N+](=O)[O-])c1. The lowest BCUT2D eigenvalue weighted by Gasteiger charge is -2.28. The molecule has 0 bridgehead atoms. The third-order valence-electron chi connectivity index (χ3n) is 5.41. The minimum Gasteiger partial charge on any atom is -0.332 e. The summed E-state index contributed by atoms with van der Waals surface area (Å²) in [7, 11) is 0. The van der Waals surface area contributed by atoms with Crippen LogP contribution < -0.4 is 0 Å². The molecule has 0 saturated carbocycles. The molecule has 0 spiro atoms. The number of aryl methyl sites for hydroxylation is 1. The van der Waals surface area contributed by atoms with E-state index < -0.39 is 4.92 Å². The molecule has 1 heterocycles. The normalized spacial score (nSPS) is 10.6. The van der Waals surface area contributed by atoms with Crippen LogP contribution in [0.5, 0.6) is 0 Å². The summed E-state index contributed by atoms with van der Waals surface area (Å²) in [4.78, 5) is 42.9. The highest BCUT2D eigenvalue weighted by molar-refractivity contribution is 7.11. The van der Waals surface area contributed by atoms with E-state index in [0.29, 0.717) is 19.6 Å². The van der Waals surface area contributed by atoms with Crippen LogP contribution >= 0.6 is 11.3 Å². The van der Waals surface area contributed by atoms with Gasteiger partial charge in [-0.3, -0.25) is 19.7 Å². The maximum atomic E-state index is 13.5. The molecule has 0 aliphatic carbocycles. The Morgan fingerprint density at radius 2 is 1.74 bits per heavy atom. The fourth-order valence-electron chi connectivity index (χ4n) is 3.59. The van der Waals surface area contributed by atoms with Crippen LogP contribution in [0.25, 0.3) is 0 Å². The van der Waals surface area contributed by atoms with Crippen LogP contribution in [0.15, 0.2) is 66.7 Å². The van der Waals surface area contributed by atoms with E-state index in [1.54, 1.807) is 22.3 Å². The number of hydrogen-bond acceptors (Lipinski definition) is 5. The Hall–Kier alpha value is -3.52. The van der Waals surface area contributed by atoms with Gasteiger partial charge in [-0.2, -0.15) is 0 Å². The third kappa shape index (κ3) is 6.99. The number of rotatable bonds is 11. The second-order valence-electron chi connectivity index (χ2n) is 8.14. The molecule has 8 heteroatoms. The van der Waals surface area contributed by atoms with Crippen LogP contribution in [-0.2, 0) is 17.9 Å². The van der Waals surface area contributed by atoms with Gasteiger partial charge in [0, 0.05) is 40.5 Å². The molecule has 178 valence electrons. The number of carbonyl (C=O) groups excluding carboxylic acids is 2. The van der Waals surface area contributed by atoms with Gasteiger partial charge in [0.05, 0.1) is 11.5 Å². The first-order valence-electron chi connectivity index (χ1n) is 11.3. The molecule has 0 atom stereocenters. The highest BCUT2D eigenvalue weighted by Crippen LogP contribution is 2.20. The summed E-state index contributed by atoms with van der Waals surface area (Å²) in [5.74, 6) is -0.540. The maximum Gasteiger partial charge on any atom is 0.270 e.